The number of nitrogens with zero attached hydrogens (tertiary/aromatic N) is 3. The number of carbonyl (C=O) groups is 1. The van der Waals surface area contributed by atoms with Crippen LogP contribution in [0.25, 0.3) is 22.5 Å². The molecule has 148 valence electrons. The number of hydrogen-bond donors (Lipinski definition) is 1. The van der Waals surface area contributed by atoms with E-state index >= 15 is 0 Å². The summed E-state index contributed by atoms with van der Waals surface area (Å²) in [5, 5.41) is 7.69. The lowest BCUT2D eigenvalue weighted by Crippen LogP contribution is -2.32. The van der Waals surface area contributed by atoms with Crippen LogP contribution in [-0.4, -0.2) is 20.7 Å². The third-order valence-corrected chi connectivity index (χ3v) is 4.60. The lowest BCUT2D eigenvalue weighted by Gasteiger charge is -2.12. The number of carbonyl (C=O) groups excluding carboxylic acids is 1. The van der Waals surface area contributed by atoms with E-state index in [9.17, 15) is 9.59 Å². The number of benzene rings is 3. The van der Waals surface area contributed by atoms with Gasteiger partial charge in [-0.2, -0.15) is 10.1 Å². The predicted molar refractivity (Wildman–Crippen MR) is 117 cm³/mol. The predicted octanol–water partition coefficient (Wildman–Crippen LogP) is 4.26. The molecule has 1 amide bonds. The second-order valence-corrected chi connectivity index (χ2v) is 6.98. The Hall–Kier alpha value is -3.77. The minimum atomic E-state index is -0.602. The van der Waals surface area contributed by atoms with Crippen molar-refractivity contribution in [1.29, 1.82) is 0 Å². The maximum Gasteiger partial charge on any atom is 0.365 e. The normalized spacial score (nSPS) is 10.6. The maximum absolute atomic E-state index is 12.6. The van der Waals surface area contributed by atoms with Crippen molar-refractivity contribution in [3.8, 4) is 22.5 Å². The molecule has 0 aliphatic heterocycles. The molecule has 0 aliphatic rings. The van der Waals surface area contributed by atoms with Crippen LogP contribution in [-0.2, 0) is 11.3 Å². The first-order valence-electron chi connectivity index (χ1n) is 9.25. The van der Waals surface area contributed by atoms with Crippen molar-refractivity contribution in [3.63, 3.8) is 0 Å². The van der Waals surface area contributed by atoms with E-state index in [1.165, 1.54) is 0 Å². The SMILES string of the molecule is O=C(Cn1nc(-c2ccccc2)c(-c2ccccc2)nc1=O)Nc1cccc(Cl)c1. The molecular formula is C23H17ClN4O2. The Bertz CT molecular complexity index is 1240. The Morgan fingerprint density at radius 2 is 1.50 bits per heavy atom. The van der Waals surface area contributed by atoms with Gasteiger partial charge in [-0.15, -0.1) is 0 Å². The first kappa shape index (κ1) is 19.5. The third kappa shape index (κ3) is 4.45. The standard InChI is InChI=1S/C23H17ClN4O2/c24-18-12-7-13-19(14-18)25-20(29)15-28-23(30)26-21(16-8-3-1-4-9-16)22(27-28)17-10-5-2-6-11-17/h1-14H,15H2,(H,25,29). The van der Waals surface area contributed by atoms with E-state index in [1.807, 2.05) is 60.7 Å². The summed E-state index contributed by atoms with van der Waals surface area (Å²) in [5.41, 5.74) is 2.51. The summed E-state index contributed by atoms with van der Waals surface area (Å²) in [6, 6.07) is 25.6. The van der Waals surface area contributed by atoms with Crippen molar-refractivity contribution < 1.29 is 4.79 Å². The van der Waals surface area contributed by atoms with Crippen LogP contribution in [0.4, 0.5) is 5.69 Å². The maximum atomic E-state index is 12.6. The summed E-state index contributed by atoms with van der Waals surface area (Å²) in [6.07, 6.45) is 0. The highest BCUT2D eigenvalue weighted by Gasteiger charge is 2.16. The van der Waals surface area contributed by atoms with Crippen LogP contribution in [0, 0.1) is 0 Å². The van der Waals surface area contributed by atoms with Gasteiger partial charge >= 0.3 is 5.69 Å². The Morgan fingerprint density at radius 1 is 0.867 bits per heavy atom. The van der Waals surface area contributed by atoms with Gasteiger partial charge in [0.2, 0.25) is 5.91 Å². The fourth-order valence-corrected chi connectivity index (χ4v) is 3.20. The van der Waals surface area contributed by atoms with Gasteiger partial charge in [0.15, 0.2) is 0 Å². The molecule has 0 aliphatic carbocycles. The third-order valence-electron chi connectivity index (χ3n) is 4.37. The van der Waals surface area contributed by atoms with E-state index in [0.717, 1.165) is 15.8 Å². The van der Waals surface area contributed by atoms with Crippen LogP contribution in [0.1, 0.15) is 0 Å². The lowest BCUT2D eigenvalue weighted by molar-refractivity contribution is -0.117. The summed E-state index contributed by atoms with van der Waals surface area (Å²) < 4.78 is 1.06. The van der Waals surface area contributed by atoms with Gasteiger partial charge < -0.3 is 5.32 Å². The van der Waals surface area contributed by atoms with Crippen molar-refractivity contribution in [2.75, 3.05) is 5.32 Å². The molecule has 6 nitrogen and oxygen atoms in total. The molecule has 0 atom stereocenters. The van der Waals surface area contributed by atoms with Crippen LogP contribution in [0.3, 0.4) is 0 Å². The Balaban J connectivity index is 1.71. The quantitative estimate of drug-likeness (QED) is 0.527. The van der Waals surface area contributed by atoms with E-state index in [-0.39, 0.29) is 6.54 Å². The molecule has 4 rings (SSSR count). The topological polar surface area (TPSA) is 76.9 Å². The summed E-state index contributed by atoms with van der Waals surface area (Å²) in [5.74, 6) is -0.403. The number of hydrogen-bond acceptors (Lipinski definition) is 4. The van der Waals surface area contributed by atoms with Crippen LogP contribution in [0.15, 0.2) is 89.7 Å². The molecule has 30 heavy (non-hydrogen) atoms. The zero-order valence-corrected chi connectivity index (χ0v) is 16.6. The Kier molecular flexibility index (Phi) is 5.68. The van der Waals surface area contributed by atoms with Gasteiger partial charge in [0.25, 0.3) is 0 Å². The molecule has 7 heteroatoms. The molecule has 0 saturated heterocycles. The van der Waals surface area contributed by atoms with Crippen molar-refractivity contribution in [3.05, 3.63) is 100 Å². The molecular weight excluding hydrogens is 400 g/mol. The molecule has 1 aromatic heterocycles. The molecule has 1 N–H and O–H groups in total. The average molecular weight is 417 g/mol. The Labute approximate surface area is 177 Å². The van der Waals surface area contributed by atoms with Crippen LogP contribution in [0.5, 0.6) is 0 Å². The number of amides is 1. The molecule has 3 aromatic carbocycles. The first-order chi connectivity index (χ1) is 14.6. The number of anilines is 1. The van der Waals surface area contributed by atoms with E-state index < -0.39 is 11.6 Å². The molecule has 0 spiro atoms. The smallest absolute Gasteiger partial charge is 0.324 e. The molecule has 1 heterocycles. The molecule has 0 fully saturated rings. The fraction of sp³-hybridized carbons (Fsp3) is 0.0435. The van der Waals surface area contributed by atoms with E-state index in [1.54, 1.807) is 24.3 Å². The number of aromatic nitrogens is 3. The highest BCUT2D eigenvalue weighted by Crippen LogP contribution is 2.27. The average Bonchev–Trinajstić information content (AvgIpc) is 2.76. The summed E-state index contributed by atoms with van der Waals surface area (Å²) in [4.78, 5) is 29.3. The zero-order chi connectivity index (χ0) is 20.9. The van der Waals surface area contributed by atoms with Crippen molar-refractivity contribution >= 4 is 23.2 Å². The van der Waals surface area contributed by atoms with E-state index in [2.05, 4.69) is 15.4 Å². The highest BCUT2D eigenvalue weighted by atomic mass is 35.5. The van der Waals surface area contributed by atoms with Gasteiger partial charge in [-0.05, 0) is 18.2 Å². The van der Waals surface area contributed by atoms with Gasteiger partial charge in [-0.3, -0.25) is 4.79 Å². The first-order valence-corrected chi connectivity index (χ1v) is 9.63. The van der Waals surface area contributed by atoms with Gasteiger partial charge in [0.05, 0.1) is 0 Å². The van der Waals surface area contributed by atoms with Crippen molar-refractivity contribution in [2.24, 2.45) is 0 Å². The number of halogens is 1. The second-order valence-electron chi connectivity index (χ2n) is 6.54. The summed E-state index contributed by atoms with van der Waals surface area (Å²) in [6.45, 7) is -0.271. The highest BCUT2D eigenvalue weighted by molar-refractivity contribution is 6.30. The minimum Gasteiger partial charge on any atom is -0.324 e. The van der Waals surface area contributed by atoms with Crippen molar-refractivity contribution in [2.45, 2.75) is 6.54 Å². The summed E-state index contributed by atoms with van der Waals surface area (Å²) >= 11 is 5.95. The molecule has 4 aromatic rings. The lowest BCUT2D eigenvalue weighted by atomic mass is 10.0. The molecule has 0 saturated carbocycles. The van der Waals surface area contributed by atoms with Crippen LogP contribution < -0.4 is 11.0 Å². The van der Waals surface area contributed by atoms with Gasteiger partial charge in [0, 0.05) is 21.8 Å². The largest absolute Gasteiger partial charge is 0.365 e. The van der Waals surface area contributed by atoms with Crippen molar-refractivity contribution in [1.82, 2.24) is 14.8 Å². The van der Waals surface area contributed by atoms with Crippen LogP contribution in [0.2, 0.25) is 5.02 Å². The minimum absolute atomic E-state index is 0.271. The number of rotatable bonds is 5. The van der Waals surface area contributed by atoms with Gasteiger partial charge in [0.1, 0.15) is 17.9 Å². The molecule has 0 radical (unpaired) electrons. The van der Waals surface area contributed by atoms with Gasteiger partial charge in [-0.1, -0.05) is 78.3 Å². The van der Waals surface area contributed by atoms with E-state index in [0.29, 0.717) is 22.1 Å². The summed E-state index contributed by atoms with van der Waals surface area (Å²) in [7, 11) is 0. The monoisotopic (exact) mass is 416 g/mol. The Morgan fingerprint density at radius 3 is 2.13 bits per heavy atom. The molecule has 0 bridgehead atoms. The zero-order valence-electron chi connectivity index (χ0n) is 15.8. The van der Waals surface area contributed by atoms with Crippen LogP contribution >= 0.6 is 11.6 Å². The molecule has 0 unspecified atom stereocenters. The number of nitrogens with one attached hydrogen (secondary N) is 1. The van der Waals surface area contributed by atoms with E-state index in [4.69, 9.17) is 11.6 Å². The fourth-order valence-electron chi connectivity index (χ4n) is 3.01. The van der Waals surface area contributed by atoms with Gasteiger partial charge in [-0.25, -0.2) is 9.48 Å². The second kappa shape index (κ2) is 8.71.